The summed E-state index contributed by atoms with van der Waals surface area (Å²) in [6.45, 7) is 0. The Kier molecular flexibility index (Phi) is 25.7. The minimum atomic E-state index is -1.83. The van der Waals surface area contributed by atoms with Crippen LogP contribution in [0.2, 0.25) is 0 Å². The quantitative estimate of drug-likeness (QED) is 0.499. The van der Waals surface area contributed by atoms with Crippen LogP contribution in [0.5, 0.6) is 0 Å². The average Bonchev–Trinajstić information content (AvgIpc) is 0.811. The molecule has 5 heteroatoms. The van der Waals surface area contributed by atoms with E-state index in [-0.39, 0.29) is 75.3 Å². The normalized spacial score (nSPS) is 4.00. The van der Waals surface area contributed by atoms with Crippen LogP contribution in [0, 0.1) is 0 Å². The van der Waals surface area contributed by atoms with Gasteiger partial charge in [0.1, 0.15) is 0 Å². The van der Waals surface area contributed by atoms with Crippen LogP contribution in [-0.4, -0.2) is 91.7 Å². The molecule has 0 amide bonds. The zero-order chi connectivity index (χ0) is 3.58. The van der Waals surface area contributed by atoms with Gasteiger partial charge in [-0.25, -0.2) is 4.79 Å². The Balaban J connectivity index is -0.0000000450. The molecule has 0 aromatic heterocycles. The maximum atomic E-state index is 8.56. The molecule has 0 saturated carbocycles. The number of carboxylic acid groups (broad SMARTS) is 2. The molecular formula is CH5KO3Sn. The first-order chi connectivity index (χ1) is 1.73. The summed E-state index contributed by atoms with van der Waals surface area (Å²) in [7, 11) is 0. The summed E-state index contributed by atoms with van der Waals surface area (Å²) in [4.78, 5) is 8.56. The van der Waals surface area contributed by atoms with Gasteiger partial charge in [0.25, 0.3) is 0 Å². The van der Waals surface area contributed by atoms with Gasteiger partial charge in [-0.15, -0.1) is 0 Å². The van der Waals surface area contributed by atoms with Gasteiger partial charge in [-0.05, 0) is 0 Å². The predicted octanol–water partition coefficient (Wildman–Crippen LogP) is -1.34. The van der Waals surface area contributed by atoms with E-state index >= 15 is 0 Å². The molecule has 0 unspecified atom stereocenters. The molecule has 0 aliphatic rings. The van der Waals surface area contributed by atoms with Crippen molar-refractivity contribution >= 4 is 81.4 Å². The third-order valence-corrected chi connectivity index (χ3v) is 0. The molecular weight excluding hydrogens is 218 g/mol. The van der Waals surface area contributed by atoms with Gasteiger partial charge in [0, 0.05) is 0 Å². The van der Waals surface area contributed by atoms with Gasteiger partial charge < -0.3 is 10.2 Å². The van der Waals surface area contributed by atoms with Crippen LogP contribution < -0.4 is 0 Å². The van der Waals surface area contributed by atoms with Crippen LogP contribution in [-0.2, 0) is 0 Å². The van der Waals surface area contributed by atoms with Crippen LogP contribution in [0.25, 0.3) is 0 Å². The molecule has 0 fully saturated rings. The van der Waals surface area contributed by atoms with E-state index < -0.39 is 6.16 Å². The summed E-state index contributed by atoms with van der Waals surface area (Å²) < 4.78 is 0. The van der Waals surface area contributed by atoms with E-state index in [1.54, 1.807) is 0 Å². The van der Waals surface area contributed by atoms with Gasteiger partial charge in [-0.3, -0.25) is 0 Å². The van der Waals surface area contributed by atoms with E-state index in [0.29, 0.717) is 0 Å². The molecule has 0 aliphatic heterocycles. The van der Waals surface area contributed by atoms with E-state index in [2.05, 4.69) is 0 Å². The zero-order valence-corrected chi connectivity index (χ0v) is 6.55. The first-order valence-electron chi connectivity index (χ1n) is 0.651. The van der Waals surface area contributed by atoms with E-state index in [9.17, 15) is 0 Å². The first kappa shape index (κ1) is 15.6. The predicted molar refractivity (Wildman–Crippen MR) is 26.3 cm³/mol. The Bertz CT molecular complexity index is 33.8. The zero-order valence-electron chi connectivity index (χ0n) is 2.51. The maximum absolute atomic E-state index is 8.56. The Morgan fingerprint density at radius 3 is 1.33 bits per heavy atom. The standard InChI is InChI=1S/CH2O3.K.Sn.3H/c2-1(3)4;;;;;/h(H2,2,3,4);;;;;. The van der Waals surface area contributed by atoms with Gasteiger partial charge in [-0.1, -0.05) is 0 Å². The van der Waals surface area contributed by atoms with Crippen LogP contribution in [0.1, 0.15) is 0 Å². The van der Waals surface area contributed by atoms with Crippen LogP contribution in [0.15, 0.2) is 0 Å². The van der Waals surface area contributed by atoms with Crippen molar-refractivity contribution in [2.45, 2.75) is 0 Å². The van der Waals surface area contributed by atoms with E-state index in [4.69, 9.17) is 15.0 Å². The van der Waals surface area contributed by atoms with Gasteiger partial charge in [0.2, 0.25) is 0 Å². The molecule has 0 aliphatic carbocycles. The summed E-state index contributed by atoms with van der Waals surface area (Å²) >= 11 is 0. The fourth-order valence-corrected chi connectivity index (χ4v) is 0. The topological polar surface area (TPSA) is 57.5 Å². The number of hydrogen-bond acceptors (Lipinski definition) is 1. The fraction of sp³-hybridized carbons (Fsp3) is 0. The summed E-state index contributed by atoms with van der Waals surface area (Å²) in [5.41, 5.74) is 0. The number of hydrogen-bond donors (Lipinski definition) is 2. The van der Waals surface area contributed by atoms with Gasteiger partial charge in [-0.2, -0.15) is 0 Å². The van der Waals surface area contributed by atoms with E-state index in [0.717, 1.165) is 0 Å². The monoisotopic (exact) mass is 224 g/mol. The average molecular weight is 223 g/mol. The summed E-state index contributed by atoms with van der Waals surface area (Å²) in [5, 5.41) is 13.9. The molecule has 32 valence electrons. The molecule has 0 spiro atoms. The Labute approximate surface area is 94.5 Å². The SMILES string of the molecule is O=C(O)O.[KH].[SnH2]. The van der Waals surface area contributed by atoms with E-state index in [1.807, 2.05) is 0 Å². The van der Waals surface area contributed by atoms with Crippen molar-refractivity contribution in [3.8, 4) is 0 Å². The molecule has 0 saturated heterocycles. The molecule has 3 nitrogen and oxygen atoms in total. The van der Waals surface area contributed by atoms with Crippen LogP contribution in [0.4, 0.5) is 4.79 Å². The molecule has 0 rings (SSSR count). The number of rotatable bonds is 0. The van der Waals surface area contributed by atoms with Crippen molar-refractivity contribution in [2.24, 2.45) is 0 Å². The second-order valence-electron chi connectivity index (χ2n) is 0.283. The van der Waals surface area contributed by atoms with Crippen LogP contribution >= 0.6 is 0 Å². The molecule has 2 radical (unpaired) electrons. The molecule has 0 aromatic rings. The molecule has 0 bridgehead atoms. The second-order valence-corrected chi connectivity index (χ2v) is 0.283. The first-order valence-corrected chi connectivity index (χ1v) is 0.651. The summed E-state index contributed by atoms with van der Waals surface area (Å²) in [6, 6.07) is 0. The third-order valence-electron chi connectivity index (χ3n) is 0. The Morgan fingerprint density at radius 1 is 1.33 bits per heavy atom. The fourth-order valence-electron chi connectivity index (χ4n) is 0. The van der Waals surface area contributed by atoms with Crippen molar-refractivity contribution in [3.05, 3.63) is 0 Å². The molecule has 6 heavy (non-hydrogen) atoms. The van der Waals surface area contributed by atoms with Crippen molar-refractivity contribution in [1.29, 1.82) is 0 Å². The molecule has 0 atom stereocenters. The van der Waals surface area contributed by atoms with Gasteiger partial charge in [0.15, 0.2) is 0 Å². The van der Waals surface area contributed by atoms with Crippen molar-refractivity contribution < 1.29 is 15.0 Å². The second kappa shape index (κ2) is 9.86. The molecule has 0 aromatic carbocycles. The third kappa shape index (κ3) is 43.4. The van der Waals surface area contributed by atoms with Gasteiger partial charge in [0.05, 0.1) is 0 Å². The summed E-state index contributed by atoms with van der Waals surface area (Å²) in [5.74, 6) is 0. The molecule has 2 N–H and O–H groups in total. The minimum absolute atomic E-state index is 0. The summed E-state index contributed by atoms with van der Waals surface area (Å²) in [6.07, 6.45) is -1.83. The van der Waals surface area contributed by atoms with E-state index in [1.165, 1.54) is 0 Å². The Hall–Kier alpha value is 1.71. The van der Waals surface area contributed by atoms with Crippen molar-refractivity contribution in [1.82, 2.24) is 0 Å². The van der Waals surface area contributed by atoms with Crippen LogP contribution in [0.3, 0.4) is 0 Å². The van der Waals surface area contributed by atoms with Crippen molar-refractivity contribution in [2.75, 3.05) is 0 Å². The van der Waals surface area contributed by atoms with Crippen molar-refractivity contribution in [3.63, 3.8) is 0 Å². The Morgan fingerprint density at radius 2 is 1.33 bits per heavy atom. The molecule has 0 heterocycles. The van der Waals surface area contributed by atoms with Gasteiger partial charge >= 0.3 is 81.4 Å². The number of carbonyl (C=O) groups is 1.